The predicted molar refractivity (Wildman–Crippen MR) is 99.2 cm³/mol. The fourth-order valence-electron chi connectivity index (χ4n) is 3.03. The van der Waals surface area contributed by atoms with E-state index in [-0.39, 0.29) is 25.0 Å². The molecule has 1 aliphatic heterocycles. The van der Waals surface area contributed by atoms with Crippen molar-refractivity contribution in [3.05, 3.63) is 53.9 Å². The molecule has 1 aromatic heterocycles. The lowest BCUT2D eigenvalue weighted by Crippen LogP contribution is -2.45. The Balaban J connectivity index is 1.68. The number of esters is 1. The van der Waals surface area contributed by atoms with E-state index in [0.29, 0.717) is 18.8 Å². The van der Waals surface area contributed by atoms with Gasteiger partial charge in [-0.1, -0.05) is 6.07 Å². The Bertz CT molecular complexity index is 792. The highest BCUT2D eigenvalue weighted by molar-refractivity contribution is 5.89. The van der Waals surface area contributed by atoms with Crippen molar-refractivity contribution in [2.75, 3.05) is 31.1 Å². The maximum atomic E-state index is 12.8. The molecule has 0 radical (unpaired) electrons. The Kier molecular flexibility index (Phi) is 5.51. The van der Waals surface area contributed by atoms with Gasteiger partial charge in [0.05, 0.1) is 12.2 Å². The van der Waals surface area contributed by atoms with E-state index in [9.17, 15) is 9.59 Å². The summed E-state index contributed by atoms with van der Waals surface area (Å²) < 4.78 is 5.28. The van der Waals surface area contributed by atoms with Gasteiger partial charge in [-0.3, -0.25) is 9.78 Å². The van der Waals surface area contributed by atoms with Crippen molar-refractivity contribution >= 4 is 17.6 Å². The van der Waals surface area contributed by atoms with Crippen LogP contribution in [0.5, 0.6) is 5.75 Å². The highest BCUT2D eigenvalue weighted by Gasteiger charge is 2.27. The second-order valence-electron chi connectivity index (χ2n) is 6.38. The molecule has 2 heterocycles. The van der Waals surface area contributed by atoms with E-state index in [2.05, 4.69) is 4.98 Å². The van der Waals surface area contributed by atoms with Crippen LogP contribution in [0, 0.1) is 6.92 Å². The Morgan fingerprint density at radius 2 is 2.04 bits per heavy atom. The van der Waals surface area contributed by atoms with Crippen LogP contribution in [0.25, 0.3) is 0 Å². The van der Waals surface area contributed by atoms with E-state index in [4.69, 9.17) is 4.74 Å². The van der Waals surface area contributed by atoms with Crippen LogP contribution in [0.15, 0.2) is 42.7 Å². The molecule has 136 valence electrons. The highest BCUT2D eigenvalue weighted by Crippen LogP contribution is 2.32. The summed E-state index contributed by atoms with van der Waals surface area (Å²) >= 11 is 0. The number of hydrogen-bond donors (Lipinski definition) is 0. The minimum absolute atomic E-state index is 0.00344. The Hall–Kier alpha value is -2.89. The normalized spacial score (nSPS) is 13.2. The van der Waals surface area contributed by atoms with Crippen LogP contribution >= 0.6 is 0 Å². The lowest BCUT2D eigenvalue weighted by molar-refractivity contribution is -0.133. The number of ether oxygens (including phenoxy) is 1. The number of fused-ring (bicyclic) bond motifs is 1. The molecule has 3 rings (SSSR count). The SMILES string of the molecule is CCN(CCc1ccncc1)C(=O)CN1CC(=O)Oc2ccc(C)cc21. The van der Waals surface area contributed by atoms with Crippen molar-refractivity contribution in [2.24, 2.45) is 0 Å². The molecule has 2 aromatic rings. The van der Waals surface area contributed by atoms with Crippen LogP contribution in [0.4, 0.5) is 5.69 Å². The van der Waals surface area contributed by atoms with E-state index < -0.39 is 0 Å². The van der Waals surface area contributed by atoms with Gasteiger partial charge in [-0.05, 0) is 55.7 Å². The molecule has 0 spiro atoms. The first kappa shape index (κ1) is 17.9. The van der Waals surface area contributed by atoms with Gasteiger partial charge in [0.25, 0.3) is 0 Å². The fraction of sp³-hybridized carbons (Fsp3) is 0.350. The average Bonchev–Trinajstić information content (AvgIpc) is 2.63. The molecule has 0 bridgehead atoms. The molecule has 1 aliphatic rings. The molecule has 0 fully saturated rings. The maximum absolute atomic E-state index is 12.8. The van der Waals surface area contributed by atoms with Crippen molar-refractivity contribution in [1.29, 1.82) is 0 Å². The number of rotatable bonds is 6. The zero-order valence-electron chi connectivity index (χ0n) is 15.1. The van der Waals surface area contributed by atoms with Gasteiger partial charge in [-0.15, -0.1) is 0 Å². The molecule has 0 N–H and O–H groups in total. The third kappa shape index (κ3) is 4.20. The molecule has 0 saturated heterocycles. The smallest absolute Gasteiger partial charge is 0.331 e. The van der Waals surface area contributed by atoms with Gasteiger partial charge in [0.1, 0.15) is 6.54 Å². The topological polar surface area (TPSA) is 62.7 Å². The summed E-state index contributed by atoms with van der Waals surface area (Å²) in [4.78, 5) is 32.3. The second kappa shape index (κ2) is 7.99. The first-order valence-electron chi connectivity index (χ1n) is 8.79. The second-order valence-corrected chi connectivity index (χ2v) is 6.38. The number of pyridine rings is 1. The maximum Gasteiger partial charge on any atom is 0.331 e. The monoisotopic (exact) mass is 353 g/mol. The standard InChI is InChI=1S/C20H23N3O3/c1-3-22(11-8-16-6-9-21-10-7-16)19(24)13-23-14-20(25)26-18-5-4-15(2)12-17(18)23/h4-7,9-10,12H,3,8,11,13-14H2,1-2H3. The first-order chi connectivity index (χ1) is 12.6. The molecule has 0 atom stereocenters. The van der Waals surface area contributed by atoms with Gasteiger partial charge < -0.3 is 14.5 Å². The summed E-state index contributed by atoms with van der Waals surface area (Å²) in [5.41, 5.74) is 3.00. The van der Waals surface area contributed by atoms with Gasteiger partial charge in [0.15, 0.2) is 5.75 Å². The van der Waals surface area contributed by atoms with Crippen molar-refractivity contribution in [3.8, 4) is 5.75 Å². The third-order valence-corrected chi connectivity index (χ3v) is 4.48. The molecular formula is C20H23N3O3. The van der Waals surface area contributed by atoms with Gasteiger partial charge in [0.2, 0.25) is 5.91 Å². The summed E-state index contributed by atoms with van der Waals surface area (Å²) in [5, 5.41) is 0. The number of carbonyl (C=O) groups is 2. The highest BCUT2D eigenvalue weighted by atomic mass is 16.5. The van der Waals surface area contributed by atoms with Crippen LogP contribution in [-0.2, 0) is 16.0 Å². The number of aryl methyl sites for hydroxylation is 1. The third-order valence-electron chi connectivity index (χ3n) is 4.48. The van der Waals surface area contributed by atoms with Crippen LogP contribution in [-0.4, -0.2) is 47.9 Å². The summed E-state index contributed by atoms with van der Waals surface area (Å²) in [7, 11) is 0. The Morgan fingerprint density at radius 3 is 2.77 bits per heavy atom. The largest absolute Gasteiger partial charge is 0.423 e. The number of anilines is 1. The van der Waals surface area contributed by atoms with Gasteiger partial charge in [-0.25, -0.2) is 4.79 Å². The van der Waals surface area contributed by atoms with E-state index in [0.717, 1.165) is 23.2 Å². The molecular weight excluding hydrogens is 330 g/mol. The van der Waals surface area contributed by atoms with E-state index in [1.807, 2.05) is 43.0 Å². The lowest BCUT2D eigenvalue weighted by atomic mass is 10.1. The van der Waals surface area contributed by atoms with E-state index >= 15 is 0 Å². The molecule has 26 heavy (non-hydrogen) atoms. The van der Waals surface area contributed by atoms with Crippen LogP contribution in [0.2, 0.25) is 0 Å². The van der Waals surface area contributed by atoms with Gasteiger partial charge in [0, 0.05) is 25.5 Å². The number of carbonyl (C=O) groups excluding carboxylic acids is 2. The minimum Gasteiger partial charge on any atom is -0.423 e. The minimum atomic E-state index is -0.339. The Labute approximate surface area is 153 Å². The van der Waals surface area contributed by atoms with E-state index in [1.165, 1.54) is 0 Å². The molecule has 6 heteroatoms. The predicted octanol–water partition coefficient (Wildman–Crippen LogP) is 2.21. The number of nitrogens with zero attached hydrogens (tertiary/aromatic N) is 3. The molecule has 0 saturated carbocycles. The first-order valence-corrected chi connectivity index (χ1v) is 8.79. The van der Waals surface area contributed by atoms with Crippen LogP contribution in [0.3, 0.4) is 0 Å². The molecule has 0 unspecified atom stereocenters. The number of aromatic nitrogens is 1. The van der Waals surface area contributed by atoms with Gasteiger partial charge >= 0.3 is 5.97 Å². The van der Waals surface area contributed by atoms with Crippen molar-refractivity contribution in [3.63, 3.8) is 0 Å². The number of amides is 1. The fourth-order valence-corrected chi connectivity index (χ4v) is 3.03. The zero-order valence-corrected chi connectivity index (χ0v) is 15.1. The van der Waals surface area contributed by atoms with Crippen molar-refractivity contribution < 1.29 is 14.3 Å². The summed E-state index contributed by atoms with van der Waals surface area (Å²) in [6.45, 7) is 5.46. The lowest BCUT2D eigenvalue weighted by Gasteiger charge is -2.31. The Morgan fingerprint density at radius 1 is 1.27 bits per heavy atom. The molecule has 1 aromatic carbocycles. The molecule has 1 amide bonds. The molecule has 0 aliphatic carbocycles. The number of benzene rings is 1. The summed E-state index contributed by atoms with van der Waals surface area (Å²) in [6, 6.07) is 9.53. The zero-order chi connectivity index (χ0) is 18.5. The van der Waals surface area contributed by atoms with Gasteiger partial charge in [-0.2, -0.15) is 0 Å². The quantitative estimate of drug-likeness (QED) is 0.588. The van der Waals surface area contributed by atoms with Crippen molar-refractivity contribution in [2.45, 2.75) is 20.3 Å². The van der Waals surface area contributed by atoms with Crippen molar-refractivity contribution in [1.82, 2.24) is 9.88 Å². The van der Waals surface area contributed by atoms with E-state index in [1.54, 1.807) is 23.4 Å². The van der Waals surface area contributed by atoms with Crippen LogP contribution in [0.1, 0.15) is 18.1 Å². The number of hydrogen-bond acceptors (Lipinski definition) is 5. The average molecular weight is 353 g/mol. The molecule has 6 nitrogen and oxygen atoms in total. The van der Waals surface area contributed by atoms with Crippen LogP contribution < -0.4 is 9.64 Å². The summed E-state index contributed by atoms with van der Waals surface area (Å²) in [5.74, 6) is 0.178. The number of likely N-dealkylation sites (N-methyl/N-ethyl adjacent to an activating group) is 1. The summed E-state index contributed by atoms with van der Waals surface area (Å²) in [6.07, 6.45) is 4.29.